The van der Waals surface area contributed by atoms with E-state index < -0.39 is 0 Å². The van der Waals surface area contributed by atoms with E-state index in [-0.39, 0.29) is 23.8 Å². The lowest BCUT2D eigenvalue weighted by Crippen LogP contribution is -2.40. The number of rotatable bonds is 5. The van der Waals surface area contributed by atoms with E-state index in [1.165, 1.54) is 0 Å². The predicted molar refractivity (Wildman–Crippen MR) is 90.7 cm³/mol. The average molecular weight is 330 g/mol. The van der Waals surface area contributed by atoms with Crippen LogP contribution in [0.5, 0.6) is 0 Å². The third-order valence-corrected chi connectivity index (χ3v) is 4.70. The molecule has 0 aromatic carbocycles. The molecule has 3 heterocycles. The van der Waals surface area contributed by atoms with Gasteiger partial charge < -0.3 is 14.0 Å². The lowest BCUT2D eigenvalue weighted by atomic mass is 9.97. The van der Waals surface area contributed by atoms with Crippen molar-refractivity contribution in [3.63, 3.8) is 0 Å². The maximum Gasteiger partial charge on any atom is 0.229 e. The summed E-state index contributed by atoms with van der Waals surface area (Å²) in [6.45, 7) is 7.66. The van der Waals surface area contributed by atoms with Crippen molar-refractivity contribution < 1.29 is 9.32 Å². The van der Waals surface area contributed by atoms with Crippen molar-refractivity contribution in [2.45, 2.75) is 57.9 Å². The minimum absolute atomic E-state index is 0.172. The third kappa shape index (κ3) is 3.68. The SMILES string of the molecule is CC(C)c1nc([C@@H]2CCCN(C(=O)C[C@H](C)n3cccc3)C2)no1. The highest BCUT2D eigenvalue weighted by atomic mass is 16.5. The molecule has 2 aromatic heterocycles. The fourth-order valence-corrected chi connectivity index (χ4v) is 3.19. The van der Waals surface area contributed by atoms with Gasteiger partial charge in [-0.2, -0.15) is 4.98 Å². The average Bonchev–Trinajstić information content (AvgIpc) is 3.26. The lowest BCUT2D eigenvalue weighted by molar-refractivity contribution is -0.133. The highest BCUT2D eigenvalue weighted by molar-refractivity contribution is 5.76. The van der Waals surface area contributed by atoms with Gasteiger partial charge in [-0.1, -0.05) is 19.0 Å². The first-order chi connectivity index (χ1) is 11.5. The minimum Gasteiger partial charge on any atom is -0.351 e. The largest absolute Gasteiger partial charge is 0.351 e. The van der Waals surface area contributed by atoms with Crippen LogP contribution in [0.3, 0.4) is 0 Å². The molecular formula is C18H26N4O2. The Morgan fingerprint density at radius 3 is 2.75 bits per heavy atom. The van der Waals surface area contributed by atoms with Gasteiger partial charge >= 0.3 is 0 Å². The third-order valence-electron chi connectivity index (χ3n) is 4.70. The maximum absolute atomic E-state index is 12.6. The first-order valence-corrected chi connectivity index (χ1v) is 8.78. The molecule has 2 atom stereocenters. The van der Waals surface area contributed by atoms with Crippen molar-refractivity contribution in [3.8, 4) is 0 Å². The fraction of sp³-hybridized carbons (Fsp3) is 0.611. The molecule has 1 aliphatic rings. The summed E-state index contributed by atoms with van der Waals surface area (Å²) in [6, 6.07) is 4.14. The van der Waals surface area contributed by atoms with Crippen molar-refractivity contribution in [3.05, 3.63) is 36.2 Å². The number of carbonyl (C=O) groups is 1. The van der Waals surface area contributed by atoms with E-state index in [1.54, 1.807) is 0 Å². The number of likely N-dealkylation sites (tertiary alicyclic amines) is 1. The van der Waals surface area contributed by atoms with Gasteiger partial charge in [-0.05, 0) is 31.9 Å². The number of hydrogen-bond acceptors (Lipinski definition) is 4. The van der Waals surface area contributed by atoms with Gasteiger partial charge in [0.2, 0.25) is 11.8 Å². The summed E-state index contributed by atoms with van der Waals surface area (Å²) < 4.78 is 7.40. The number of aromatic nitrogens is 3. The van der Waals surface area contributed by atoms with Crippen LogP contribution in [0.15, 0.2) is 29.0 Å². The molecule has 0 spiro atoms. The standard InChI is InChI=1S/C18H26N4O2/c1-13(2)18-19-17(20-24-18)15-7-6-10-22(12-15)16(23)11-14(3)21-8-4-5-9-21/h4-5,8-9,13-15H,6-7,10-12H2,1-3H3/t14-,15+/m0/s1. The summed E-state index contributed by atoms with van der Waals surface area (Å²) in [4.78, 5) is 19.1. The number of hydrogen-bond donors (Lipinski definition) is 0. The van der Waals surface area contributed by atoms with E-state index in [1.807, 2.05) is 43.3 Å². The molecule has 24 heavy (non-hydrogen) atoms. The number of carbonyl (C=O) groups excluding carboxylic acids is 1. The molecule has 1 aliphatic heterocycles. The summed E-state index contributed by atoms with van der Waals surface area (Å²) in [5.74, 6) is 2.04. The normalized spacial score (nSPS) is 19.7. The van der Waals surface area contributed by atoms with Crippen LogP contribution in [0.25, 0.3) is 0 Å². The van der Waals surface area contributed by atoms with Crippen molar-refractivity contribution >= 4 is 5.91 Å². The molecule has 2 aromatic rings. The van der Waals surface area contributed by atoms with E-state index in [4.69, 9.17) is 4.52 Å². The molecule has 130 valence electrons. The smallest absolute Gasteiger partial charge is 0.229 e. The fourth-order valence-electron chi connectivity index (χ4n) is 3.19. The summed E-state index contributed by atoms with van der Waals surface area (Å²) in [5, 5.41) is 4.13. The van der Waals surface area contributed by atoms with Crippen LogP contribution in [0.1, 0.15) is 69.6 Å². The Kier molecular flexibility index (Phi) is 5.02. The van der Waals surface area contributed by atoms with Gasteiger partial charge in [0.1, 0.15) is 0 Å². The van der Waals surface area contributed by atoms with Gasteiger partial charge in [-0.3, -0.25) is 4.79 Å². The molecule has 0 saturated carbocycles. The Morgan fingerprint density at radius 1 is 1.33 bits per heavy atom. The molecule has 0 N–H and O–H groups in total. The van der Waals surface area contributed by atoms with E-state index >= 15 is 0 Å². The van der Waals surface area contributed by atoms with Crippen molar-refractivity contribution in [2.75, 3.05) is 13.1 Å². The summed E-state index contributed by atoms with van der Waals surface area (Å²) in [6.07, 6.45) is 6.52. The monoisotopic (exact) mass is 330 g/mol. The minimum atomic E-state index is 0.172. The summed E-state index contributed by atoms with van der Waals surface area (Å²) in [7, 11) is 0. The molecule has 1 fully saturated rings. The second-order valence-electron chi connectivity index (χ2n) is 7.01. The highest BCUT2D eigenvalue weighted by Gasteiger charge is 2.28. The zero-order valence-corrected chi connectivity index (χ0v) is 14.7. The second kappa shape index (κ2) is 7.20. The van der Waals surface area contributed by atoms with Crippen molar-refractivity contribution in [1.29, 1.82) is 0 Å². The van der Waals surface area contributed by atoms with E-state index in [0.717, 1.165) is 25.2 Å². The van der Waals surface area contributed by atoms with E-state index in [0.29, 0.717) is 18.9 Å². The molecule has 1 saturated heterocycles. The van der Waals surface area contributed by atoms with E-state index in [2.05, 4.69) is 21.6 Å². The number of nitrogens with zero attached hydrogens (tertiary/aromatic N) is 4. The molecule has 0 unspecified atom stereocenters. The van der Waals surface area contributed by atoms with Crippen LogP contribution in [-0.4, -0.2) is 38.6 Å². The Hall–Kier alpha value is -2.11. The summed E-state index contributed by atoms with van der Waals surface area (Å²) >= 11 is 0. The Balaban J connectivity index is 1.61. The Morgan fingerprint density at radius 2 is 2.08 bits per heavy atom. The Bertz CT molecular complexity index is 662. The molecular weight excluding hydrogens is 304 g/mol. The van der Waals surface area contributed by atoms with Gasteiger partial charge in [0.15, 0.2) is 5.82 Å². The summed E-state index contributed by atoms with van der Waals surface area (Å²) in [5.41, 5.74) is 0. The van der Waals surface area contributed by atoms with Crippen LogP contribution < -0.4 is 0 Å². The predicted octanol–water partition coefficient (Wildman–Crippen LogP) is 3.35. The van der Waals surface area contributed by atoms with Gasteiger partial charge in [-0.25, -0.2) is 0 Å². The van der Waals surface area contributed by atoms with Crippen LogP contribution in [0, 0.1) is 0 Å². The molecule has 3 rings (SSSR count). The number of amides is 1. The Labute approximate surface area is 142 Å². The maximum atomic E-state index is 12.6. The van der Waals surface area contributed by atoms with Crippen molar-refractivity contribution in [2.24, 2.45) is 0 Å². The van der Waals surface area contributed by atoms with Crippen LogP contribution in [-0.2, 0) is 4.79 Å². The van der Waals surface area contributed by atoms with Crippen molar-refractivity contribution in [1.82, 2.24) is 19.6 Å². The van der Waals surface area contributed by atoms with Gasteiger partial charge in [0.25, 0.3) is 0 Å². The van der Waals surface area contributed by atoms with Gasteiger partial charge in [0.05, 0.1) is 0 Å². The first-order valence-electron chi connectivity index (χ1n) is 8.78. The highest BCUT2D eigenvalue weighted by Crippen LogP contribution is 2.27. The molecule has 6 heteroatoms. The lowest BCUT2D eigenvalue weighted by Gasteiger charge is -2.32. The second-order valence-corrected chi connectivity index (χ2v) is 7.01. The van der Waals surface area contributed by atoms with Gasteiger partial charge in [-0.15, -0.1) is 0 Å². The molecule has 0 aliphatic carbocycles. The molecule has 0 bridgehead atoms. The van der Waals surface area contributed by atoms with Crippen LogP contribution in [0.4, 0.5) is 0 Å². The first kappa shape index (κ1) is 16.7. The quantitative estimate of drug-likeness (QED) is 0.843. The number of piperidine rings is 1. The molecule has 6 nitrogen and oxygen atoms in total. The zero-order valence-electron chi connectivity index (χ0n) is 14.7. The van der Waals surface area contributed by atoms with Gasteiger partial charge in [0, 0.05) is 49.8 Å². The van der Waals surface area contributed by atoms with Crippen LogP contribution >= 0.6 is 0 Å². The zero-order chi connectivity index (χ0) is 17.1. The van der Waals surface area contributed by atoms with E-state index in [9.17, 15) is 4.79 Å². The topological polar surface area (TPSA) is 64.2 Å². The molecule has 0 radical (unpaired) electrons. The van der Waals surface area contributed by atoms with Crippen LogP contribution in [0.2, 0.25) is 0 Å². The molecule has 1 amide bonds.